The first kappa shape index (κ1) is 14.8. The number of carbonyl (C=O) groups excluding carboxylic acids is 2. The molecule has 1 rings (SSSR count). The van der Waals surface area contributed by atoms with Gasteiger partial charge in [0.15, 0.2) is 0 Å². The molecule has 104 valence electrons. The van der Waals surface area contributed by atoms with Crippen LogP contribution >= 0.6 is 0 Å². The van der Waals surface area contributed by atoms with E-state index in [1.807, 2.05) is 20.8 Å². The quantitative estimate of drug-likeness (QED) is 0.735. The molecule has 2 N–H and O–H groups in total. The maximum Gasteiger partial charge on any atom is 0.405 e. The van der Waals surface area contributed by atoms with Crippen molar-refractivity contribution in [2.24, 2.45) is 17.3 Å². The molecular formula is C11H17F3N2O2. The summed E-state index contributed by atoms with van der Waals surface area (Å²) in [6, 6.07) is 0. The Labute approximate surface area is 103 Å². The Kier molecular flexibility index (Phi) is 3.92. The van der Waals surface area contributed by atoms with Crippen LogP contribution in [0.5, 0.6) is 0 Å². The molecule has 7 heteroatoms. The maximum atomic E-state index is 12.0. The van der Waals surface area contributed by atoms with E-state index in [2.05, 4.69) is 5.32 Å². The molecular weight excluding hydrogens is 249 g/mol. The smallest absolute Gasteiger partial charge is 0.355 e. The molecule has 1 saturated heterocycles. The Balaban J connectivity index is 2.73. The minimum Gasteiger partial charge on any atom is -0.355 e. The normalized spacial score (nSPS) is 24.9. The third-order valence-corrected chi connectivity index (χ3v) is 3.04. The fourth-order valence-electron chi connectivity index (χ4n) is 2.03. The highest BCUT2D eigenvalue weighted by molar-refractivity contribution is 6.02. The molecule has 2 atom stereocenters. The van der Waals surface area contributed by atoms with Crippen LogP contribution in [0.2, 0.25) is 0 Å². The monoisotopic (exact) mass is 266 g/mol. The van der Waals surface area contributed by atoms with Crippen molar-refractivity contribution in [1.29, 1.82) is 0 Å². The molecule has 1 fully saturated rings. The van der Waals surface area contributed by atoms with Crippen molar-refractivity contribution < 1.29 is 22.8 Å². The van der Waals surface area contributed by atoms with E-state index in [9.17, 15) is 22.8 Å². The van der Waals surface area contributed by atoms with Crippen molar-refractivity contribution in [3.05, 3.63) is 0 Å². The molecule has 0 aromatic heterocycles. The SMILES string of the molecule is CC(C)(C)[C@H]1CNC(=O)[C@H]1C(=O)NCC(F)(F)F. The molecule has 0 aliphatic carbocycles. The highest BCUT2D eigenvalue weighted by Crippen LogP contribution is 2.35. The van der Waals surface area contributed by atoms with Crippen LogP contribution in [0.1, 0.15) is 20.8 Å². The van der Waals surface area contributed by atoms with Gasteiger partial charge in [0.1, 0.15) is 12.5 Å². The zero-order valence-corrected chi connectivity index (χ0v) is 10.5. The van der Waals surface area contributed by atoms with E-state index < -0.39 is 30.5 Å². The lowest BCUT2D eigenvalue weighted by atomic mass is 9.74. The average molecular weight is 266 g/mol. The fourth-order valence-corrected chi connectivity index (χ4v) is 2.03. The topological polar surface area (TPSA) is 58.2 Å². The lowest BCUT2D eigenvalue weighted by molar-refractivity contribution is -0.145. The summed E-state index contributed by atoms with van der Waals surface area (Å²) in [7, 11) is 0. The fraction of sp³-hybridized carbons (Fsp3) is 0.818. The van der Waals surface area contributed by atoms with Crippen LogP contribution in [0.3, 0.4) is 0 Å². The Morgan fingerprint density at radius 1 is 1.39 bits per heavy atom. The Bertz CT molecular complexity index is 347. The summed E-state index contributed by atoms with van der Waals surface area (Å²) in [6.07, 6.45) is -4.47. The van der Waals surface area contributed by atoms with Gasteiger partial charge in [-0.1, -0.05) is 20.8 Å². The van der Waals surface area contributed by atoms with E-state index in [-0.39, 0.29) is 11.3 Å². The second kappa shape index (κ2) is 4.78. The lowest BCUT2D eigenvalue weighted by Crippen LogP contribution is -2.44. The van der Waals surface area contributed by atoms with Crippen LogP contribution in [-0.4, -0.2) is 31.1 Å². The van der Waals surface area contributed by atoms with Gasteiger partial charge in [-0.2, -0.15) is 13.2 Å². The van der Waals surface area contributed by atoms with Crippen LogP contribution < -0.4 is 10.6 Å². The van der Waals surface area contributed by atoms with Gasteiger partial charge in [0.05, 0.1) is 0 Å². The van der Waals surface area contributed by atoms with Gasteiger partial charge in [-0.25, -0.2) is 0 Å². The molecule has 1 heterocycles. The summed E-state index contributed by atoms with van der Waals surface area (Å²) in [5.74, 6) is -2.72. The van der Waals surface area contributed by atoms with E-state index >= 15 is 0 Å². The van der Waals surface area contributed by atoms with Gasteiger partial charge in [0.25, 0.3) is 0 Å². The zero-order valence-electron chi connectivity index (χ0n) is 10.5. The standard InChI is InChI=1S/C11H17F3N2O2/c1-10(2,3)6-4-15-8(17)7(6)9(18)16-5-11(12,13)14/h6-7H,4-5H2,1-3H3,(H,15,17)(H,16,18)/t6-,7-/m0/s1. The molecule has 0 aromatic carbocycles. The van der Waals surface area contributed by atoms with E-state index in [1.165, 1.54) is 0 Å². The Morgan fingerprint density at radius 3 is 2.39 bits per heavy atom. The summed E-state index contributed by atoms with van der Waals surface area (Å²) in [5.41, 5.74) is -0.334. The second-order valence-electron chi connectivity index (χ2n) is 5.53. The lowest BCUT2D eigenvalue weighted by Gasteiger charge is -2.29. The number of hydrogen-bond donors (Lipinski definition) is 2. The van der Waals surface area contributed by atoms with Gasteiger partial charge in [0.2, 0.25) is 11.8 Å². The molecule has 0 unspecified atom stereocenters. The minimum atomic E-state index is -4.47. The Morgan fingerprint density at radius 2 is 1.94 bits per heavy atom. The molecule has 4 nitrogen and oxygen atoms in total. The molecule has 0 aromatic rings. The maximum absolute atomic E-state index is 12.0. The predicted octanol–water partition coefficient (Wildman–Crippen LogP) is 1.07. The average Bonchev–Trinajstić information content (AvgIpc) is 2.55. The number of carbonyl (C=O) groups is 2. The van der Waals surface area contributed by atoms with Crippen LogP contribution in [0.15, 0.2) is 0 Å². The summed E-state index contributed by atoms with van der Waals surface area (Å²) < 4.78 is 36.0. The first-order valence-electron chi connectivity index (χ1n) is 5.64. The van der Waals surface area contributed by atoms with Crippen molar-refractivity contribution in [3.8, 4) is 0 Å². The van der Waals surface area contributed by atoms with Crippen LogP contribution in [0, 0.1) is 17.3 Å². The number of nitrogens with one attached hydrogen (secondary N) is 2. The summed E-state index contributed by atoms with van der Waals surface area (Å²) >= 11 is 0. The van der Waals surface area contributed by atoms with E-state index in [4.69, 9.17) is 0 Å². The van der Waals surface area contributed by atoms with E-state index in [1.54, 1.807) is 5.32 Å². The van der Waals surface area contributed by atoms with Crippen LogP contribution in [0.25, 0.3) is 0 Å². The number of halogens is 3. The first-order chi connectivity index (χ1) is 8.02. The number of amides is 2. The van der Waals surface area contributed by atoms with Gasteiger partial charge in [-0.3, -0.25) is 9.59 Å². The number of alkyl halides is 3. The predicted molar refractivity (Wildman–Crippen MR) is 58.5 cm³/mol. The van der Waals surface area contributed by atoms with Crippen LogP contribution in [0.4, 0.5) is 13.2 Å². The second-order valence-corrected chi connectivity index (χ2v) is 5.53. The number of hydrogen-bond acceptors (Lipinski definition) is 2. The third kappa shape index (κ3) is 3.61. The molecule has 1 aliphatic heterocycles. The molecule has 18 heavy (non-hydrogen) atoms. The molecule has 0 saturated carbocycles. The molecule has 0 radical (unpaired) electrons. The molecule has 2 amide bonds. The highest BCUT2D eigenvalue weighted by Gasteiger charge is 2.46. The minimum absolute atomic E-state index is 0.307. The third-order valence-electron chi connectivity index (χ3n) is 3.04. The molecule has 1 aliphatic rings. The van der Waals surface area contributed by atoms with Crippen molar-refractivity contribution in [3.63, 3.8) is 0 Å². The van der Waals surface area contributed by atoms with Crippen molar-refractivity contribution in [2.75, 3.05) is 13.1 Å². The summed E-state index contributed by atoms with van der Waals surface area (Å²) in [6.45, 7) is 4.45. The van der Waals surface area contributed by atoms with E-state index in [0.717, 1.165) is 0 Å². The van der Waals surface area contributed by atoms with E-state index in [0.29, 0.717) is 6.54 Å². The largest absolute Gasteiger partial charge is 0.405 e. The van der Waals surface area contributed by atoms with Crippen molar-refractivity contribution in [1.82, 2.24) is 10.6 Å². The molecule has 0 spiro atoms. The first-order valence-corrected chi connectivity index (χ1v) is 5.64. The van der Waals surface area contributed by atoms with Crippen molar-refractivity contribution in [2.45, 2.75) is 26.9 Å². The van der Waals surface area contributed by atoms with Gasteiger partial charge >= 0.3 is 6.18 Å². The summed E-state index contributed by atoms with van der Waals surface area (Å²) in [5, 5.41) is 4.30. The van der Waals surface area contributed by atoms with Gasteiger partial charge in [0, 0.05) is 12.5 Å². The Hall–Kier alpha value is -1.27. The summed E-state index contributed by atoms with van der Waals surface area (Å²) in [4.78, 5) is 23.2. The highest BCUT2D eigenvalue weighted by atomic mass is 19.4. The van der Waals surface area contributed by atoms with Crippen molar-refractivity contribution >= 4 is 11.8 Å². The van der Waals surface area contributed by atoms with Gasteiger partial charge in [-0.05, 0) is 5.41 Å². The van der Waals surface area contributed by atoms with Crippen LogP contribution in [-0.2, 0) is 9.59 Å². The van der Waals surface area contributed by atoms with Gasteiger partial charge in [-0.15, -0.1) is 0 Å². The van der Waals surface area contributed by atoms with Gasteiger partial charge < -0.3 is 10.6 Å². The zero-order chi connectivity index (χ0) is 14.1. The number of rotatable bonds is 2. The molecule has 0 bridgehead atoms.